The Morgan fingerprint density at radius 3 is 2.58 bits per heavy atom. The molecule has 31 heavy (non-hydrogen) atoms. The van der Waals surface area contributed by atoms with E-state index >= 15 is 0 Å². The summed E-state index contributed by atoms with van der Waals surface area (Å²) in [6, 6.07) is 19.5. The van der Waals surface area contributed by atoms with Gasteiger partial charge in [0.15, 0.2) is 16.6 Å². The molecule has 1 amide bonds. The molecule has 3 aromatic carbocycles. The first-order valence-corrected chi connectivity index (χ1v) is 11.0. The van der Waals surface area contributed by atoms with Crippen LogP contribution in [0.5, 0.6) is 11.5 Å². The average molecular weight is 431 g/mol. The number of benzene rings is 3. The number of ether oxygens (including phenoxy) is 2. The summed E-state index contributed by atoms with van der Waals surface area (Å²) in [5.74, 6) is 1.16. The van der Waals surface area contributed by atoms with E-state index in [1.54, 1.807) is 23.1 Å². The molecule has 0 radical (unpaired) electrons. The molecular weight excluding hydrogens is 408 g/mol. The van der Waals surface area contributed by atoms with Crippen molar-refractivity contribution in [3.05, 3.63) is 82.9 Å². The number of carbonyl (C=O) groups is 1. The van der Waals surface area contributed by atoms with Crippen molar-refractivity contribution < 1.29 is 14.3 Å². The van der Waals surface area contributed by atoms with Crippen LogP contribution in [0.25, 0.3) is 10.2 Å². The molecule has 1 aromatic heterocycles. The number of nitrogens with zero attached hydrogens (tertiary/aromatic N) is 2. The Kier molecular flexibility index (Phi) is 5.08. The highest BCUT2D eigenvalue weighted by atomic mass is 32.1. The summed E-state index contributed by atoms with van der Waals surface area (Å²) in [7, 11) is 0. The zero-order valence-electron chi connectivity index (χ0n) is 17.4. The van der Waals surface area contributed by atoms with Gasteiger partial charge in [0.05, 0.1) is 16.8 Å². The number of amides is 1. The van der Waals surface area contributed by atoms with E-state index in [0.29, 0.717) is 42.0 Å². The quantitative estimate of drug-likeness (QED) is 0.427. The molecule has 0 saturated heterocycles. The van der Waals surface area contributed by atoms with Crippen molar-refractivity contribution in [3.63, 3.8) is 0 Å². The lowest BCUT2D eigenvalue weighted by molar-refractivity contribution is 0.0984. The van der Waals surface area contributed by atoms with Gasteiger partial charge in [-0.3, -0.25) is 9.69 Å². The van der Waals surface area contributed by atoms with Crippen LogP contribution in [0.15, 0.2) is 60.7 Å². The summed E-state index contributed by atoms with van der Waals surface area (Å²) in [5, 5.41) is 0.687. The number of carbonyl (C=O) groups excluding carboxylic acids is 1. The molecule has 0 spiro atoms. The maximum absolute atomic E-state index is 13.7. The van der Waals surface area contributed by atoms with Crippen LogP contribution >= 0.6 is 11.3 Å². The second kappa shape index (κ2) is 8.04. The van der Waals surface area contributed by atoms with Gasteiger partial charge >= 0.3 is 0 Å². The maximum Gasteiger partial charge on any atom is 0.260 e. The predicted molar refractivity (Wildman–Crippen MR) is 123 cm³/mol. The first kappa shape index (κ1) is 19.6. The highest BCUT2D eigenvalue weighted by molar-refractivity contribution is 7.22. The standard InChI is InChI=1S/C25H22N2O3S/c1-16-8-11-22-23(17(16)2)26-25(31-22)27(15-18-6-4-3-5-7-18)24(28)19-9-10-20-21(14-19)30-13-12-29-20/h3-11,14H,12-13,15H2,1-2H3. The van der Waals surface area contributed by atoms with Crippen molar-refractivity contribution >= 4 is 32.6 Å². The van der Waals surface area contributed by atoms with Crippen LogP contribution in [0.1, 0.15) is 27.0 Å². The van der Waals surface area contributed by atoms with E-state index in [1.165, 1.54) is 16.9 Å². The fraction of sp³-hybridized carbons (Fsp3) is 0.200. The van der Waals surface area contributed by atoms with Gasteiger partial charge in [0.2, 0.25) is 0 Å². The molecule has 0 fully saturated rings. The van der Waals surface area contributed by atoms with Gasteiger partial charge in [0, 0.05) is 5.56 Å². The number of thiazole rings is 1. The fourth-order valence-electron chi connectivity index (χ4n) is 3.65. The molecule has 0 unspecified atom stereocenters. The number of rotatable bonds is 4. The molecule has 6 heteroatoms. The normalized spacial score (nSPS) is 12.7. The molecule has 0 N–H and O–H groups in total. The third kappa shape index (κ3) is 3.75. The van der Waals surface area contributed by atoms with E-state index in [1.807, 2.05) is 30.3 Å². The molecule has 0 aliphatic carbocycles. The van der Waals surface area contributed by atoms with Crippen LogP contribution in [0.4, 0.5) is 5.13 Å². The molecule has 4 aromatic rings. The zero-order chi connectivity index (χ0) is 21.4. The van der Waals surface area contributed by atoms with Crippen LogP contribution in [0.3, 0.4) is 0 Å². The highest BCUT2D eigenvalue weighted by Crippen LogP contribution is 2.35. The second-order valence-electron chi connectivity index (χ2n) is 7.59. The van der Waals surface area contributed by atoms with Gasteiger partial charge in [-0.15, -0.1) is 0 Å². The third-order valence-electron chi connectivity index (χ3n) is 5.52. The Balaban J connectivity index is 1.57. The number of fused-ring (bicyclic) bond motifs is 2. The molecule has 0 atom stereocenters. The summed E-state index contributed by atoms with van der Waals surface area (Å²) in [5.41, 5.74) is 4.88. The van der Waals surface area contributed by atoms with Gasteiger partial charge in [0.1, 0.15) is 13.2 Å². The van der Waals surface area contributed by atoms with E-state index in [0.717, 1.165) is 21.3 Å². The summed E-state index contributed by atoms with van der Waals surface area (Å²) < 4.78 is 12.4. The Morgan fingerprint density at radius 1 is 1.00 bits per heavy atom. The molecule has 2 heterocycles. The Bertz CT molecular complexity index is 1270. The van der Waals surface area contributed by atoms with E-state index < -0.39 is 0 Å². The summed E-state index contributed by atoms with van der Waals surface area (Å²) >= 11 is 1.54. The van der Waals surface area contributed by atoms with Crippen LogP contribution in [0, 0.1) is 13.8 Å². The number of aryl methyl sites for hydroxylation is 2. The third-order valence-corrected chi connectivity index (χ3v) is 6.57. The topological polar surface area (TPSA) is 51.7 Å². The number of anilines is 1. The minimum absolute atomic E-state index is 0.116. The first-order chi connectivity index (χ1) is 15.1. The molecule has 5 nitrogen and oxygen atoms in total. The van der Waals surface area contributed by atoms with Crippen molar-refractivity contribution in [1.82, 2.24) is 4.98 Å². The molecule has 0 saturated carbocycles. The Labute approximate surface area is 184 Å². The maximum atomic E-state index is 13.7. The van der Waals surface area contributed by atoms with E-state index in [4.69, 9.17) is 14.5 Å². The summed E-state index contributed by atoms with van der Waals surface area (Å²) in [6.45, 7) is 5.59. The van der Waals surface area contributed by atoms with E-state index in [9.17, 15) is 4.79 Å². The number of hydrogen-bond acceptors (Lipinski definition) is 5. The largest absolute Gasteiger partial charge is 0.486 e. The monoisotopic (exact) mass is 430 g/mol. The van der Waals surface area contributed by atoms with Crippen LogP contribution in [0.2, 0.25) is 0 Å². The number of hydrogen-bond donors (Lipinski definition) is 0. The minimum atomic E-state index is -0.116. The van der Waals surface area contributed by atoms with Gasteiger partial charge in [0.25, 0.3) is 5.91 Å². The minimum Gasteiger partial charge on any atom is -0.486 e. The lowest BCUT2D eigenvalue weighted by atomic mass is 10.1. The van der Waals surface area contributed by atoms with Crippen molar-refractivity contribution in [1.29, 1.82) is 0 Å². The van der Waals surface area contributed by atoms with Crippen LogP contribution in [-0.2, 0) is 6.54 Å². The van der Waals surface area contributed by atoms with Crippen molar-refractivity contribution in [3.8, 4) is 11.5 Å². The number of aromatic nitrogens is 1. The van der Waals surface area contributed by atoms with Gasteiger partial charge in [-0.1, -0.05) is 47.7 Å². The summed E-state index contributed by atoms with van der Waals surface area (Å²) in [4.78, 5) is 20.3. The Morgan fingerprint density at radius 2 is 1.77 bits per heavy atom. The predicted octanol–water partition coefficient (Wildman–Crippen LogP) is 5.53. The van der Waals surface area contributed by atoms with Gasteiger partial charge in [-0.25, -0.2) is 4.98 Å². The molecule has 1 aliphatic heterocycles. The smallest absolute Gasteiger partial charge is 0.260 e. The van der Waals surface area contributed by atoms with E-state index in [2.05, 4.69) is 26.0 Å². The lowest BCUT2D eigenvalue weighted by Gasteiger charge is -2.22. The molecular formula is C25H22N2O3S. The summed E-state index contributed by atoms with van der Waals surface area (Å²) in [6.07, 6.45) is 0. The van der Waals surface area contributed by atoms with Crippen molar-refractivity contribution in [2.24, 2.45) is 0 Å². The van der Waals surface area contributed by atoms with Gasteiger partial charge in [-0.2, -0.15) is 0 Å². The van der Waals surface area contributed by atoms with Crippen molar-refractivity contribution in [2.45, 2.75) is 20.4 Å². The second-order valence-corrected chi connectivity index (χ2v) is 8.60. The Hall–Kier alpha value is -3.38. The van der Waals surface area contributed by atoms with E-state index in [-0.39, 0.29) is 5.91 Å². The highest BCUT2D eigenvalue weighted by Gasteiger charge is 2.24. The average Bonchev–Trinajstić information content (AvgIpc) is 3.25. The van der Waals surface area contributed by atoms with Crippen LogP contribution in [-0.4, -0.2) is 24.1 Å². The SMILES string of the molecule is Cc1ccc2sc(N(Cc3ccccc3)C(=O)c3ccc4c(c3)OCCO4)nc2c1C. The molecule has 5 rings (SSSR count). The first-order valence-electron chi connectivity index (χ1n) is 10.2. The fourth-order valence-corrected chi connectivity index (χ4v) is 4.68. The molecule has 0 bridgehead atoms. The zero-order valence-corrected chi connectivity index (χ0v) is 18.2. The lowest BCUT2D eigenvalue weighted by Crippen LogP contribution is -2.30. The van der Waals surface area contributed by atoms with Crippen LogP contribution < -0.4 is 14.4 Å². The van der Waals surface area contributed by atoms with Gasteiger partial charge in [-0.05, 0) is 54.8 Å². The van der Waals surface area contributed by atoms with Gasteiger partial charge < -0.3 is 9.47 Å². The van der Waals surface area contributed by atoms with Crippen molar-refractivity contribution in [2.75, 3.05) is 18.1 Å². The molecule has 156 valence electrons. The molecule has 1 aliphatic rings.